The molecular weight excluding hydrogens is 248 g/mol. The quantitative estimate of drug-likeness (QED) is 0.850. The van der Waals surface area contributed by atoms with Crippen LogP contribution >= 0.6 is 11.6 Å². The third-order valence-corrected chi connectivity index (χ3v) is 3.27. The van der Waals surface area contributed by atoms with Crippen LogP contribution in [-0.2, 0) is 4.79 Å². The lowest BCUT2D eigenvalue weighted by molar-refractivity contribution is -0.112. The van der Waals surface area contributed by atoms with Crippen molar-refractivity contribution >= 4 is 23.2 Å². The molecule has 96 valence electrons. The van der Waals surface area contributed by atoms with Crippen molar-refractivity contribution in [3.63, 3.8) is 0 Å². The molecule has 1 amide bonds. The maximum absolute atomic E-state index is 11.8. The van der Waals surface area contributed by atoms with E-state index in [0.717, 1.165) is 24.5 Å². The van der Waals surface area contributed by atoms with Gasteiger partial charge in [-0.15, -0.1) is 0 Å². The second-order valence-corrected chi connectivity index (χ2v) is 4.92. The summed E-state index contributed by atoms with van der Waals surface area (Å²) in [6, 6.07) is 7.15. The number of allylic oxidation sites excluding steroid dienone is 1. The molecule has 0 aromatic heterocycles. The number of benzene rings is 1. The molecule has 1 aliphatic heterocycles. The third kappa shape index (κ3) is 3.50. The topological polar surface area (TPSA) is 32.3 Å². The fourth-order valence-electron chi connectivity index (χ4n) is 2.10. The molecule has 0 unspecified atom stereocenters. The minimum atomic E-state index is -0.110. The van der Waals surface area contributed by atoms with E-state index in [-0.39, 0.29) is 5.91 Å². The molecular formula is C14H17ClN2O. The third-order valence-electron chi connectivity index (χ3n) is 3.04. The Hall–Kier alpha value is -1.48. The van der Waals surface area contributed by atoms with E-state index in [1.54, 1.807) is 18.2 Å². The summed E-state index contributed by atoms with van der Waals surface area (Å²) in [6.45, 7) is 4.07. The molecule has 1 heterocycles. The van der Waals surface area contributed by atoms with Crippen LogP contribution in [-0.4, -0.2) is 23.9 Å². The first-order valence-corrected chi connectivity index (χ1v) is 6.53. The molecule has 1 N–H and O–H groups in total. The van der Waals surface area contributed by atoms with E-state index < -0.39 is 0 Å². The predicted molar refractivity (Wildman–Crippen MR) is 74.6 cm³/mol. The lowest BCUT2D eigenvalue weighted by atomic mass is 10.3. The van der Waals surface area contributed by atoms with Gasteiger partial charge in [0, 0.05) is 35.6 Å². The number of hydrogen-bond acceptors (Lipinski definition) is 2. The zero-order valence-corrected chi connectivity index (χ0v) is 11.2. The van der Waals surface area contributed by atoms with Crippen LogP contribution in [0.25, 0.3) is 0 Å². The Morgan fingerprint density at radius 1 is 1.39 bits per heavy atom. The van der Waals surface area contributed by atoms with Gasteiger partial charge in [0.05, 0.1) is 0 Å². The Morgan fingerprint density at radius 2 is 2.11 bits per heavy atom. The molecule has 2 rings (SSSR count). The van der Waals surface area contributed by atoms with E-state index in [1.165, 1.54) is 12.8 Å². The fraction of sp³-hybridized carbons (Fsp3) is 0.357. The van der Waals surface area contributed by atoms with Crippen LogP contribution in [0.15, 0.2) is 36.0 Å². The van der Waals surface area contributed by atoms with Gasteiger partial charge >= 0.3 is 0 Å². The Kier molecular flexibility index (Phi) is 4.26. The van der Waals surface area contributed by atoms with E-state index in [0.29, 0.717) is 5.02 Å². The summed E-state index contributed by atoms with van der Waals surface area (Å²) in [5.41, 5.74) is 1.74. The summed E-state index contributed by atoms with van der Waals surface area (Å²) in [4.78, 5) is 14.1. The molecule has 0 saturated carbocycles. The zero-order valence-electron chi connectivity index (χ0n) is 10.4. The lowest BCUT2D eigenvalue weighted by Gasteiger charge is -2.17. The van der Waals surface area contributed by atoms with Gasteiger partial charge in [-0.25, -0.2) is 0 Å². The van der Waals surface area contributed by atoms with Gasteiger partial charge < -0.3 is 10.2 Å². The maximum Gasteiger partial charge on any atom is 0.250 e. The van der Waals surface area contributed by atoms with Gasteiger partial charge in [0.25, 0.3) is 0 Å². The molecule has 0 spiro atoms. The summed E-state index contributed by atoms with van der Waals surface area (Å²) in [5.74, 6) is -0.110. The van der Waals surface area contributed by atoms with E-state index in [4.69, 9.17) is 11.6 Å². The summed E-state index contributed by atoms with van der Waals surface area (Å²) >= 11 is 5.86. The average Bonchev–Trinajstić information content (AvgIpc) is 2.81. The highest BCUT2D eigenvalue weighted by Gasteiger charge is 2.12. The number of carbonyl (C=O) groups excluding carboxylic acids is 1. The SMILES string of the molecule is C/C(=C/C(=O)Nc1cccc(Cl)c1)N1CCCC1. The first kappa shape index (κ1) is 13.0. The molecule has 4 heteroatoms. The number of nitrogens with one attached hydrogen (secondary N) is 1. The molecule has 0 bridgehead atoms. The Balaban J connectivity index is 1.97. The molecule has 18 heavy (non-hydrogen) atoms. The number of nitrogens with zero attached hydrogens (tertiary/aromatic N) is 1. The second-order valence-electron chi connectivity index (χ2n) is 4.48. The maximum atomic E-state index is 11.8. The standard InChI is InChI=1S/C14H17ClN2O/c1-11(17-7-2-3-8-17)9-14(18)16-13-6-4-5-12(15)10-13/h4-6,9-10H,2-3,7-8H2,1H3,(H,16,18)/b11-9-. The smallest absolute Gasteiger partial charge is 0.250 e. The van der Waals surface area contributed by atoms with Crippen LogP contribution in [0.4, 0.5) is 5.69 Å². The van der Waals surface area contributed by atoms with Crippen LogP contribution < -0.4 is 5.32 Å². The van der Waals surface area contributed by atoms with E-state index >= 15 is 0 Å². The van der Waals surface area contributed by atoms with Crippen LogP contribution in [0.3, 0.4) is 0 Å². The molecule has 3 nitrogen and oxygen atoms in total. The van der Waals surface area contributed by atoms with Gasteiger partial charge in [-0.1, -0.05) is 17.7 Å². The zero-order chi connectivity index (χ0) is 13.0. The molecule has 1 aliphatic rings. The highest BCUT2D eigenvalue weighted by molar-refractivity contribution is 6.30. The highest BCUT2D eigenvalue weighted by Crippen LogP contribution is 2.16. The highest BCUT2D eigenvalue weighted by atomic mass is 35.5. The number of rotatable bonds is 3. The van der Waals surface area contributed by atoms with Crippen LogP contribution in [0.1, 0.15) is 19.8 Å². The summed E-state index contributed by atoms with van der Waals surface area (Å²) in [5, 5.41) is 3.43. The minimum Gasteiger partial charge on any atom is -0.375 e. The normalized spacial score (nSPS) is 15.9. The summed E-state index contributed by atoms with van der Waals surface area (Å²) in [7, 11) is 0. The van der Waals surface area contributed by atoms with Crippen molar-refractivity contribution < 1.29 is 4.79 Å². The molecule has 1 fully saturated rings. The molecule has 1 aromatic rings. The van der Waals surface area contributed by atoms with Crippen LogP contribution in [0, 0.1) is 0 Å². The monoisotopic (exact) mass is 264 g/mol. The number of carbonyl (C=O) groups is 1. The number of anilines is 1. The van der Waals surface area contributed by atoms with E-state index in [9.17, 15) is 4.79 Å². The van der Waals surface area contributed by atoms with Gasteiger partial charge in [-0.3, -0.25) is 4.79 Å². The van der Waals surface area contributed by atoms with Crippen LogP contribution in [0.5, 0.6) is 0 Å². The second kappa shape index (κ2) is 5.91. The Morgan fingerprint density at radius 3 is 2.78 bits per heavy atom. The first-order chi connectivity index (χ1) is 8.65. The number of likely N-dealkylation sites (tertiary alicyclic amines) is 1. The van der Waals surface area contributed by atoms with E-state index in [2.05, 4.69) is 10.2 Å². The van der Waals surface area contributed by atoms with Gasteiger partial charge in [-0.2, -0.15) is 0 Å². The van der Waals surface area contributed by atoms with Crippen molar-refractivity contribution in [2.24, 2.45) is 0 Å². The fourth-order valence-corrected chi connectivity index (χ4v) is 2.29. The molecule has 0 radical (unpaired) electrons. The first-order valence-electron chi connectivity index (χ1n) is 6.15. The van der Waals surface area contributed by atoms with E-state index in [1.807, 2.05) is 19.1 Å². The molecule has 1 saturated heterocycles. The number of hydrogen-bond donors (Lipinski definition) is 1. The van der Waals surface area contributed by atoms with Gasteiger partial charge in [0.15, 0.2) is 0 Å². The van der Waals surface area contributed by atoms with Gasteiger partial charge in [-0.05, 0) is 38.0 Å². The van der Waals surface area contributed by atoms with Crippen molar-refractivity contribution in [3.05, 3.63) is 41.1 Å². The average molecular weight is 265 g/mol. The Labute approximate surface area is 112 Å². The predicted octanol–water partition coefficient (Wildman–Crippen LogP) is 3.28. The van der Waals surface area contributed by atoms with Crippen molar-refractivity contribution in [2.45, 2.75) is 19.8 Å². The Bertz CT molecular complexity index is 465. The summed E-state index contributed by atoms with van der Waals surface area (Å²) in [6.07, 6.45) is 4.06. The number of halogens is 1. The van der Waals surface area contributed by atoms with Crippen molar-refractivity contribution in [1.82, 2.24) is 4.90 Å². The minimum absolute atomic E-state index is 0.110. The van der Waals surface area contributed by atoms with Gasteiger partial charge in [0.1, 0.15) is 0 Å². The molecule has 1 aromatic carbocycles. The number of amides is 1. The summed E-state index contributed by atoms with van der Waals surface area (Å²) < 4.78 is 0. The van der Waals surface area contributed by atoms with Crippen molar-refractivity contribution in [1.29, 1.82) is 0 Å². The van der Waals surface area contributed by atoms with Crippen molar-refractivity contribution in [2.75, 3.05) is 18.4 Å². The lowest BCUT2D eigenvalue weighted by Crippen LogP contribution is -2.19. The van der Waals surface area contributed by atoms with Crippen molar-refractivity contribution in [3.8, 4) is 0 Å². The molecule has 0 atom stereocenters. The van der Waals surface area contributed by atoms with Crippen LogP contribution in [0.2, 0.25) is 5.02 Å². The molecule has 0 aliphatic carbocycles. The van der Waals surface area contributed by atoms with Gasteiger partial charge in [0.2, 0.25) is 5.91 Å². The largest absolute Gasteiger partial charge is 0.375 e.